The summed E-state index contributed by atoms with van der Waals surface area (Å²) in [5, 5.41) is 1.25. The molecule has 1 N–H and O–H groups in total. The van der Waals surface area contributed by atoms with Gasteiger partial charge in [0.15, 0.2) is 0 Å². The highest BCUT2D eigenvalue weighted by Crippen LogP contribution is 2.28. The van der Waals surface area contributed by atoms with Gasteiger partial charge in [-0.3, -0.25) is 0 Å². The first kappa shape index (κ1) is 14.7. The zero-order valence-electron chi connectivity index (χ0n) is 13.4. The second kappa shape index (κ2) is 6.24. The van der Waals surface area contributed by atoms with E-state index in [0.717, 1.165) is 18.7 Å². The number of ether oxygens (including phenoxy) is 1. The van der Waals surface area contributed by atoms with Gasteiger partial charge in [0.1, 0.15) is 5.75 Å². The number of benzene rings is 2. The van der Waals surface area contributed by atoms with E-state index in [9.17, 15) is 0 Å². The van der Waals surface area contributed by atoms with Crippen LogP contribution in [0.3, 0.4) is 0 Å². The van der Waals surface area contributed by atoms with Gasteiger partial charge < -0.3 is 14.6 Å². The van der Waals surface area contributed by atoms with Gasteiger partial charge in [-0.05, 0) is 43.4 Å². The highest BCUT2D eigenvalue weighted by molar-refractivity contribution is 5.86. The monoisotopic (exact) mass is 294 g/mol. The van der Waals surface area contributed by atoms with Crippen molar-refractivity contribution in [1.82, 2.24) is 9.88 Å². The molecule has 3 rings (SSSR count). The van der Waals surface area contributed by atoms with Gasteiger partial charge in [0.25, 0.3) is 0 Å². The summed E-state index contributed by atoms with van der Waals surface area (Å²) in [5.41, 5.74) is 5.12. The Morgan fingerprint density at radius 3 is 2.50 bits per heavy atom. The minimum atomic E-state index is 0.901. The number of nitrogens with zero attached hydrogens (tertiary/aromatic N) is 1. The summed E-state index contributed by atoms with van der Waals surface area (Å²) in [5.74, 6) is 0.901. The van der Waals surface area contributed by atoms with Crippen molar-refractivity contribution in [2.24, 2.45) is 0 Å². The largest absolute Gasteiger partial charge is 0.497 e. The minimum Gasteiger partial charge on any atom is -0.497 e. The minimum absolute atomic E-state index is 0.901. The van der Waals surface area contributed by atoms with E-state index in [1.165, 1.54) is 27.7 Å². The maximum Gasteiger partial charge on any atom is 0.119 e. The van der Waals surface area contributed by atoms with Crippen molar-refractivity contribution < 1.29 is 4.74 Å². The molecule has 0 spiro atoms. The second-order valence-electron chi connectivity index (χ2n) is 5.89. The molecule has 1 heterocycles. The van der Waals surface area contributed by atoms with Crippen molar-refractivity contribution in [3.63, 3.8) is 0 Å². The summed E-state index contributed by atoms with van der Waals surface area (Å²) >= 11 is 0. The van der Waals surface area contributed by atoms with E-state index in [4.69, 9.17) is 4.74 Å². The molecule has 3 aromatic rings. The summed E-state index contributed by atoms with van der Waals surface area (Å²) in [6, 6.07) is 16.8. The number of aromatic nitrogens is 1. The van der Waals surface area contributed by atoms with E-state index >= 15 is 0 Å². The van der Waals surface area contributed by atoms with Gasteiger partial charge in [0, 0.05) is 29.6 Å². The van der Waals surface area contributed by atoms with E-state index in [0.29, 0.717) is 0 Å². The van der Waals surface area contributed by atoms with Crippen LogP contribution in [0.2, 0.25) is 0 Å². The number of hydrogen-bond acceptors (Lipinski definition) is 2. The molecule has 0 radical (unpaired) electrons. The molecule has 0 aliphatic carbocycles. The molecule has 0 saturated carbocycles. The van der Waals surface area contributed by atoms with E-state index < -0.39 is 0 Å². The quantitative estimate of drug-likeness (QED) is 0.774. The SMILES string of the molecule is COc1ccc2[nH]c(Cc3ccccc3)c(CN(C)C)c2c1. The zero-order chi connectivity index (χ0) is 15.5. The third-order valence-electron chi connectivity index (χ3n) is 3.90. The van der Waals surface area contributed by atoms with Crippen molar-refractivity contribution in [3.8, 4) is 5.75 Å². The molecule has 0 saturated heterocycles. The topological polar surface area (TPSA) is 28.3 Å². The summed E-state index contributed by atoms with van der Waals surface area (Å²) in [6.07, 6.45) is 0.918. The summed E-state index contributed by atoms with van der Waals surface area (Å²) in [7, 11) is 5.92. The third kappa shape index (κ3) is 3.00. The van der Waals surface area contributed by atoms with Crippen LogP contribution >= 0.6 is 0 Å². The Morgan fingerprint density at radius 1 is 1.05 bits per heavy atom. The lowest BCUT2D eigenvalue weighted by Gasteiger charge is -2.11. The predicted molar refractivity (Wildman–Crippen MR) is 91.5 cm³/mol. The van der Waals surface area contributed by atoms with Gasteiger partial charge >= 0.3 is 0 Å². The van der Waals surface area contributed by atoms with E-state index in [1.807, 2.05) is 6.07 Å². The van der Waals surface area contributed by atoms with Crippen LogP contribution < -0.4 is 4.74 Å². The Bertz CT molecular complexity index is 760. The third-order valence-corrected chi connectivity index (χ3v) is 3.90. The van der Waals surface area contributed by atoms with Crippen molar-refractivity contribution in [1.29, 1.82) is 0 Å². The van der Waals surface area contributed by atoms with Crippen molar-refractivity contribution >= 4 is 10.9 Å². The molecule has 0 aliphatic heterocycles. The predicted octanol–water partition coefficient (Wildman–Crippen LogP) is 3.83. The molecule has 3 nitrogen and oxygen atoms in total. The van der Waals surface area contributed by atoms with E-state index in [-0.39, 0.29) is 0 Å². The smallest absolute Gasteiger partial charge is 0.119 e. The first-order valence-corrected chi connectivity index (χ1v) is 7.53. The van der Waals surface area contributed by atoms with Gasteiger partial charge in [-0.1, -0.05) is 30.3 Å². The maximum atomic E-state index is 5.38. The van der Waals surface area contributed by atoms with E-state index in [1.54, 1.807) is 7.11 Å². The lowest BCUT2D eigenvalue weighted by Crippen LogP contribution is -2.12. The molecular formula is C19H22N2O. The number of rotatable bonds is 5. The number of nitrogens with one attached hydrogen (secondary N) is 1. The van der Waals surface area contributed by atoms with Gasteiger partial charge in [-0.15, -0.1) is 0 Å². The van der Waals surface area contributed by atoms with Crippen LogP contribution in [0.1, 0.15) is 16.8 Å². The maximum absolute atomic E-state index is 5.38. The van der Waals surface area contributed by atoms with Crippen molar-refractivity contribution in [2.75, 3.05) is 21.2 Å². The summed E-state index contributed by atoms with van der Waals surface area (Å²) < 4.78 is 5.38. The molecule has 114 valence electrons. The van der Waals surface area contributed by atoms with Crippen LogP contribution in [0.4, 0.5) is 0 Å². The van der Waals surface area contributed by atoms with Crippen LogP contribution in [-0.4, -0.2) is 31.1 Å². The average Bonchev–Trinajstić information content (AvgIpc) is 2.84. The zero-order valence-corrected chi connectivity index (χ0v) is 13.4. The normalized spacial score (nSPS) is 11.3. The molecule has 0 unspecified atom stereocenters. The Balaban J connectivity index is 2.07. The number of methoxy groups -OCH3 is 1. The number of aromatic amines is 1. The van der Waals surface area contributed by atoms with Crippen molar-refractivity contribution in [3.05, 3.63) is 65.4 Å². The molecule has 2 aromatic carbocycles. The highest BCUT2D eigenvalue weighted by atomic mass is 16.5. The van der Waals surface area contributed by atoms with Crippen LogP contribution in [-0.2, 0) is 13.0 Å². The molecular weight excluding hydrogens is 272 g/mol. The van der Waals surface area contributed by atoms with Crippen LogP contribution in [0.15, 0.2) is 48.5 Å². The first-order valence-electron chi connectivity index (χ1n) is 7.53. The lowest BCUT2D eigenvalue weighted by molar-refractivity contribution is 0.402. The fourth-order valence-corrected chi connectivity index (χ4v) is 2.86. The standard InChI is InChI=1S/C19H22N2O/c1-21(2)13-17-16-12-15(22-3)9-10-18(16)20-19(17)11-14-7-5-4-6-8-14/h4-10,12,20H,11,13H2,1-3H3. The van der Waals surface area contributed by atoms with Crippen LogP contribution in [0, 0.1) is 0 Å². The van der Waals surface area contributed by atoms with Gasteiger partial charge in [0.05, 0.1) is 7.11 Å². The van der Waals surface area contributed by atoms with Crippen LogP contribution in [0.25, 0.3) is 10.9 Å². The Hall–Kier alpha value is -2.26. The number of fused-ring (bicyclic) bond motifs is 1. The summed E-state index contributed by atoms with van der Waals surface area (Å²) in [4.78, 5) is 5.79. The molecule has 0 amide bonds. The first-order chi connectivity index (χ1) is 10.7. The van der Waals surface area contributed by atoms with Gasteiger partial charge in [0.2, 0.25) is 0 Å². The fourth-order valence-electron chi connectivity index (χ4n) is 2.86. The molecule has 0 aliphatic rings. The summed E-state index contributed by atoms with van der Waals surface area (Å²) in [6.45, 7) is 0.912. The van der Waals surface area contributed by atoms with E-state index in [2.05, 4.69) is 66.4 Å². The fraction of sp³-hybridized carbons (Fsp3) is 0.263. The average molecular weight is 294 g/mol. The molecule has 1 aromatic heterocycles. The number of H-pyrrole nitrogens is 1. The van der Waals surface area contributed by atoms with Gasteiger partial charge in [-0.2, -0.15) is 0 Å². The molecule has 22 heavy (non-hydrogen) atoms. The molecule has 3 heteroatoms. The van der Waals surface area contributed by atoms with Crippen LogP contribution in [0.5, 0.6) is 5.75 Å². The molecule has 0 fully saturated rings. The lowest BCUT2D eigenvalue weighted by atomic mass is 10.0. The van der Waals surface area contributed by atoms with Crippen molar-refractivity contribution in [2.45, 2.75) is 13.0 Å². The van der Waals surface area contributed by atoms with Gasteiger partial charge in [-0.25, -0.2) is 0 Å². The Kier molecular flexibility index (Phi) is 4.16. The Morgan fingerprint density at radius 2 is 1.82 bits per heavy atom. The molecule has 0 atom stereocenters. The highest BCUT2D eigenvalue weighted by Gasteiger charge is 2.13. The number of hydrogen-bond donors (Lipinski definition) is 1. The molecule has 0 bridgehead atoms. The Labute approximate surface area is 131 Å². The second-order valence-corrected chi connectivity index (χ2v) is 5.89.